The van der Waals surface area contributed by atoms with Crippen LogP contribution in [0.25, 0.3) is 11.2 Å². The standard InChI is InChI=1S/C31H25N5O8/c37-23-24(44-30(41)20-14-8-3-9-15-20)21(16-42-29(40)19-12-6-2-7-13-19)43-28(23)36-17-32-22-25(36)33-31(35-27(22)39)34-26(38)18-10-4-1-5-11-18/h1-15,17,21,23-24,28,37H,16H2,(H2,33,34,35,38,39)/t21-,23-,24+,28+/m0/s1. The average molecular weight is 596 g/mol. The van der Waals surface area contributed by atoms with Crippen molar-refractivity contribution in [2.24, 2.45) is 0 Å². The maximum atomic E-state index is 13.0. The number of rotatable bonds is 8. The maximum absolute atomic E-state index is 13.0. The van der Waals surface area contributed by atoms with Crippen molar-refractivity contribution in [2.45, 2.75) is 24.5 Å². The van der Waals surface area contributed by atoms with Gasteiger partial charge >= 0.3 is 11.9 Å². The van der Waals surface area contributed by atoms with Gasteiger partial charge in [0, 0.05) is 5.56 Å². The zero-order chi connectivity index (χ0) is 30.6. The highest BCUT2D eigenvalue weighted by molar-refractivity contribution is 6.03. The number of aromatic amines is 1. The quantitative estimate of drug-likeness (QED) is 0.226. The molecule has 0 bridgehead atoms. The van der Waals surface area contributed by atoms with Crippen LogP contribution < -0.4 is 10.9 Å². The third-order valence-electron chi connectivity index (χ3n) is 6.92. The second-order valence-corrected chi connectivity index (χ2v) is 9.81. The zero-order valence-electron chi connectivity index (χ0n) is 22.9. The summed E-state index contributed by atoms with van der Waals surface area (Å²) in [5.74, 6) is -2.04. The average Bonchev–Trinajstić information content (AvgIpc) is 3.61. The lowest BCUT2D eigenvalue weighted by Crippen LogP contribution is -2.38. The van der Waals surface area contributed by atoms with Crippen LogP contribution in [0.5, 0.6) is 0 Å². The number of anilines is 1. The van der Waals surface area contributed by atoms with Gasteiger partial charge in [-0.3, -0.25) is 24.5 Å². The van der Waals surface area contributed by atoms with Crippen molar-refractivity contribution in [3.05, 3.63) is 124 Å². The lowest BCUT2D eigenvalue weighted by atomic mass is 10.1. The number of hydrogen-bond donors (Lipinski definition) is 3. The van der Waals surface area contributed by atoms with Gasteiger partial charge in [0.25, 0.3) is 11.5 Å². The molecule has 0 spiro atoms. The predicted molar refractivity (Wildman–Crippen MR) is 155 cm³/mol. The summed E-state index contributed by atoms with van der Waals surface area (Å²) in [5, 5.41) is 13.9. The van der Waals surface area contributed by atoms with Crippen LogP contribution >= 0.6 is 0 Å². The highest BCUT2D eigenvalue weighted by Crippen LogP contribution is 2.34. The Morgan fingerprint density at radius 1 is 0.886 bits per heavy atom. The van der Waals surface area contributed by atoms with Crippen molar-refractivity contribution in [1.82, 2.24) is 19.5 Å². The Bertz CT molecular complexity index is 1860. The summed E-state index contributed by atoms with van der Waals surface area (Å²) in [6.07, 6.45) is -3.91. The summed E-state index contributed by atoms with van der Waals surface area (Å²) in [7, 11) is 0. The number of hydrogen-bond acceptors (Lipinski definition) is 10. The van der Waals surface area contributed by atoms with Crippen molar-refractivity contribution in [3.63, 3.8) is 0 Å². The highest BCUT2D eigenvalue weighted by Gasteiger charge is 2.48. The second-order valence-electron chi connectivity index (χ2n) is 9.81. The topological polar surface area (TPSA) is 175 Å². The summed E-state index contributed by atoms with van der Waals surface area (Å²) >= 11 is 0. The van der Waals surface area contributed by atoms with Gasteiger partial charge in [0.1, 0.15) is 18.8 Å². The molecule has 1 saturated heterocycles. The van der Waals surface area contributed by atoms with Gasteiger partial charge in [-0.15, -0.1) is 0 Å². The number of fused-ring (bicyclic) bond motifs is 1. The number of esters is 2. The number of imidazole rings is 1. The molecule has 0 saturated carbocycles. The van der Waals surface area contributed by atoms with Crippen molar-refractivity contribution in [1.29, 1.82) is 0 Å². The van der Waals surface area contributed by atoms with Crippen LogP contribution in [0.4, 0.5) is 5.95 Å². The number of amides is 1. The molecule has 0 aliphatic carbocycles. The molecule has 1 aliphatic rings. The van der Waals surface area contributed by atoms with Gasteiger partial charge in [0.2, 0.25) is 5.95 Å². The van der Waals surface area contributed by atoms with E-state index >= 15 is 0 Å². The molecule has 3 heterocycles. The van der Waals surface area contributed by atoms with E-state index in [1.807, 2.05) is 0 Å². The molecular weight excluding hydrogens is 570 g/mol. The molecule has 4 atom stereocenters. The van der Waals surface area contributed by atoms with Crippen LogP contribution in [0.1, 0.15) is 37.3 Å². The van der Waals surface area contributed by atoms with Crippen LogP contribution in [0.2, 0.25) is 0 Å². The summed E-state index contributed by atoms with van der Waals surface area (Å²) in [6, 6.07) is 24.8. The van der Waals surface area contributed by atoms with Crippen molar-refractivity contribution >= 4 is 35.0 Å². The third-order valence-corrected chi connectivity index (χ3v) is 6.92. The van der Waals surface area contributed by atoms with E-state index in [0.717, 1.165) is 0 Å². The molecule has 3 aromatic carbocycles. The number of nitrogens with zero attached hydrogens (tertiary/aromatic N) is 3. The first kappa shape index (κ1) is 28.5. The molecule has 222 valence electrons. The highest BCUT2D eigenvalue weighted by atomic mass is 16.6. The molecule has 13 heteroatoms. The Morgan fingerprint density at radius 2 is 1.48 bits per heavy atom. The number of carbonyl (C=O) groups excluding carboxylic acids is 3. The number of aliphatic hydroxyl groups excluding tert-OH is 1. The van der Waals surface area contributed by atoms with E-state index in [1.54, 1.807) is 91.0 Å². The molecule has 0 radical (unpaired) electrons. The first-order valence-electron chi connectivity index (χ1n) is 13.5. The summed E-state index contributed by atoms with van der Waals surface area (Å²) < 4.78 is 18.5. The van der Waals surface area contributed by atoms with Crippen LogP contribution in [-0.2, 0) is 14.2 Å². The number of benzene rings is 3. The normalized spacial score (nSPS) is 19.4. The number of aromatic nitrogens is 4. The number of aliphatic hydroxyl groups is 1. The second kappa shape index (κ2) is 12.3. The van der Waals surface area contributed by atoms with E-state index < -0.39 is 47.9 Å². The Balaban J connectivity index is 1.28. The fourth-order valence-electron chi connectivity index (χ4n) is 4.75. The predicted octanol–water partition coefficient (Wildman–Crippen LogP) is 2.71. The van der Waals surface area contributed by atoms with Crippen LogP contribution in [-0.4, -0.2) is 67.4 Å². The van der Waals surface area contributed by atoms with Gasteiger partial charge in [0.15, 0.2) is 23.5 Å². The summed E-state index contributed by atoms with van der Waals surface area (Å²) in [6.45, 7) is -0.368. The van der Waals surface area contributed by atoms with Crippen LogP contribution in [0.15, 0.2) is 102 Å². The largest absolute Gasteiger partial charge is 0.459 e. The minimum atomic E-state index is -1.50. The van der Waals surface area contributed by atoms with Gasteiger partial charge in [-0.2, -0.15) is 4.98 Å². The van der Waals surface area contributed by atoms with Gasteiger partial charge in [-0.1, -0.05) is 54.6 Å². The van der Waals surface area contributed by atoms with Crippen LogP contribution in [0.3, 0.4) is 0 Å². The molecular formula is C31H25N5O8. The molecule has 5 aromatic rings. The number of carbonyl (C=O) groups is 3. The van der Waals surface area contributed by atoms with E-state index in [4.69, 9.17) is 14.2 Å². The molecule has 1 aliphatic heterocycles. The van der Waals surface area contributed by atoms with Gasteiger partial charge in [0.05, 0.1) is 17.5 Å². The Kier molecular flexibility index (Phi) is 7.95. The molecule has 2 aromatic heterocycles. The van der Waals surface area contributed by atoms with Crippen LogP contribution in [0, 0.1) is 0 Å². The minimum absolute atomic E-state index is 0.0174. The van der Waals surface area contributed by atoms with E-state index in [1.165, 1.54) is 10.9 Å². The zero-order valence-corrected chi connectivity index (χ0v) is 22.9. The SMILES string of the molecule is O=C(Nc1nc2c(ncn2[C@@H]2O[C@@H](COC(=O)c3ccccc3)[C@@H](OC(=O)c3ccccc3)[C@@H]2O)c(=O)[nH]1)c1ccccc1. The monoisotopic (exact) mass is 595 g/mol. The number of nitrogens with one attached hydrogen (secondary N) is 2. The third kappa shape index (κ3) is 5.82. The van der Waals surface area contributed by atoms with Crippen molar-refractivity contribution in [2.75, 3.05) is 11.9 Å². The van der Waals surface area contributed by atoms with Crippen molar-refractivity contribution in [3.8, 4) is 0 Å². The summed E-state index contributed by atoms with van der Waals surface area (Å²) in [4.78, 5) is 62.0. The Labute approximate surface area is 249 Å². The smallest absolute Gasteiger partial charge is 0.338 e. The molecule has 1 amide bonds. The van der Waals surface area contributed by atoms with Crippen molar-refractivity contribution < 1.29 is 33.7 Å². The minimum Gasteiger partial charge on any atom is -0.459 e. The summed E-state index contributed by atoms with van der Waals surface area (Å²) in [5.41, 5.74) is 0.128. The molecule has 3 N–H and O–H groups in total. The van der Waals surface area contributed by atoms with E-state index in [0.29, 0.717) is 11.1 Å². The van der Waals surface area contributed by atoms with E-state index in [9.17, 15) is 24.3 Å². The maximum Gasteiger partial charge on any atom is 0.338 e. The van der Waals surface area contributed by atoms with E-state index in [-0.39, 0.29) is 29.3 Å². The van der Waals surface area contributed by atoms with Gasteiger partial charge in [-0.05, 0) is 36.4 Å². The Morgan fingerprint density at radius 3 is 2.11 bits per heavy atom. The molecule has 1 fully saturated rings. The molecule has 13 nitrogen and oxygen atoms in total. The van der Waals surface area contributed by atoms with E-state index in [2.05, 4.69) is 20.3 Å². The lowest BCUT2D eigenvalue weighted by Gasteiger charge is -2.20. The molecule has 44 heavy (non-hydrogen) atoms. The first-order chi connectivity index (χ1) is 21.4. The first-order valence-corrected chi connectivity index (χ1v) is 13.5. The fourth-order valence-corrected chi connectivity index (χ4v) is 4.75. The lowest BCUT2D eigenvalue weighted by molar-refractivity contribution is -0.0585. The number of H-pyrrole nitrogens is 1. The molecule has 0 unspecified atom stereocenters. The Hall–Kier alpha value is -5.66. The van der Waals surface area contributed by atoms with Gasteiger partial charge < -0.3 is 19.3 Å². The fraction of sp³-hybridized carbons (Fsp3) is 0.161. The van der Waals surface area contributed by atoms with Gasteiger partial charge in [-0.25, -0.2) is 14.6 Å². The number of ether oxygens (including phenoxy) is 3. The molecule has 6 rings (SSSR count).